The number of aromatic amines is 1. The van der Waals surface area contributed by atoms with Gasteiger partial charge in [0.2, 0.25) is 0 Å². The first-order chi connectivity index (χ1) is 8.78. The molecule has 0 fully saturated rings. The fourth-order valence-corrected chi connectivity index (χ4v) is 1.96. The summed E-state index contributed by atoms with van der Waals surface area (Å²) in [6.45, 7) is 0. The van der Waals surface area contributed by atoms with Crippen LogP contribution in [-0.2, 0) is 6.42 Å². The molecule has 1 aromatic heterocycles. The quantitative estimate of drug-likeness (QED) is 0.816. The summed E-state index contributed by atoms with van der Waals surface area (Å²) in [7, 11) is 3.25. The van der Waals surface area contributed by atoms with Crippen LogP contribution in [0.4, 0.5) is 0 Å². The summed E-state index contributed by atoms with van der Waals surface area (Å²) in [5, 5.41) is 0. The van der Waals surface area contributed by atoms with Crippen molar-refractivity contribution in [1.29, 1.82) is 0 Å². The van der Waals surface area contributed by atoms with E-state index < -0.39 is 0 Å². The Morgan fingerprint density at radius 2 is 2.00 bits per heavy atom. The highest BCUT2D eigenvalue weighted by Gasteiger charge is 2.08. The molecule has 2 rings (SSSR count). The van der Waals surface area contributed by atoms with Gasteiger partial charge in [0.25, 0.3) is 0 Å². The molecule has 0 radical (unpaired) electrons. The molecular weight excluding hydrogens is 248 g/mol. The number of aryl methyl sites for hydroxylation is 1. The lowest BCUT2D eigenvalue weighted by Gasteiger charge is -2.08. The third kappa shape index (κ3) is 2.61. The van der Waals surface area contributed by atoms with Gasteiger partial charge in [-0.05, 0) is 24.0 Å². The van der Waals surface area contributed by atoms with Crippen molar-refractivity contribution in [2.24, 2.45) is 0 Å². The summed E-state index contributed by atoms with van der Waals surface area (Å²) in [6, 6.07) is 5.78. The van der Waals surface area contributed by atoms with Crippen LogP contribution in [-0.4, -0.2) is 29.9 Å². The number of ether oxygens (including phenoxy) is 2. The molecule has 0 aliphatic carbocycles. The molecule has 0 bridgehead atoms. The van der Waals surface area contributed by atoms with Gasteiger partial charge < -0.3 is 14.5 Å². The van der Waals surface area contributed by atoms with E-state index in [4.69, 9.17) is 9.47 Å². The summed E-state index contributed by atoms with van der Waals surface area (Å²) >= 11 is 4.19. The minimum Gasteiger partial charge on any atom is -0.493 e. The van der Waals surface area contributed by atoms with Crippen LogP contribution in [0.2, 0.25) is 0 Å². The van der Waals surface area contributed by atoms with Gasteiger partial charge in [0, 0.05) is 12.0 Å². The van der Waals surface area contributed by atoms with E-state index in [1.807, 2.05) is 24.4 Å². The zero-order chi connectivity index (χ0) is 13.0. The van der Waals surface area contributed by atoms with Crippen LogP contribution >= 0.6 is 12.6 Å². The van der Waals surface area contributed by atoms with Gasteiger partial charge in [-0.25, -0.2) is 4.98 Å². The Hall–Kier alpha value is -1.62. The molecule has 0 aliphatic heterocycles. The van der Waals surface area contributed by atoms with Gasteiger partial charge in [-0.3, -0.25) is 0 Å². The lowest BCUT2D eigenvalue weighted by Crippen LogP contribution is -1.91. The SMILES string of the molecule is COc1ccc(-c2cnc(CCS)[nH]2)cc1OC. The van der Waals surface area contributed by atoms with Gasteiger partial charge in [0.05, 0.1) is 26.1 Å². The molecule has 18 heavy (non-hydrogen) atoms. The van der Waals surface area contributed by atoms with Crippen LogP contribution in [0.5, 0.6) is 11.5 Å². The summed E-state index contributed by atoms with van der Waals surface area (Å²) in [6.07, 6.45) is 2.65. The van der Waals surface area contributed by atoms with Crippen molar-refractivity contribution in [3.8, 4) is 22.8 Å². The number of H-pyrrole nitrogens is 1. The number of hydrogen-bond acceptors (Lipinski definition) is 4. The molecule has 96 valence electrons. The predicted molar refractivity (Wildman–Crippen MR) is 74.7 cm³/mol. The fourth-order valence-electron chi connectivity index (χ4n) is 1.75. The van der Waals surface area contributed by atoms with E-state index in [0.717, 1.165) is 35.0 Å². The molecule has 1 heterocycles. The smallest absolute Gasteiger partial charge is 0.161 e. The molecule has 0 aliphatic rings. The summed E-state index contributed by atoms with van der Waals surface area (Å²) in [5.74, 6) is 3.14. The van der Waals surface area contributed by atoms with E-state index in [-0.39, 0.29) is 0 Å². The Bertz CT molecular complexity index is 525. The highest BCUT2D eigenvalue weighted by atomic mass is 32.1. The van der Waals surface area contributed by atoms with E-state index >= 15 is 0 Å². The Kier molecular flexibility index (Phi) is 4.15. The van der Waals surface area contributed by atoms with Crippen LogP contribution in [0.3, 0.4) is 0 Å². The van der Waals surface area contributed by atoms with Crippen LogP contribution < -0.4 is 9.47 Å². The number of aromatic nitrogens is 2. The van der Waals surface area contributed by atoms with Crippen LogP contribution in [0.1, 0.15) is 5.82 Å². The summed E-state index contributed by atoms with van der Waals surface area (Å²) in [4.78, 5) is 7.57. The zero-order valence-corrected chi connectivity index (χ0v) is 11.3. The molecule has 0 saturated carbocycles. The second-order valence-corrected chi connectivity index (χ2v) is 4.23. The van der Waals surface area contributed by atoms with Crippen molar-refractivity contribution >= 4 is 12.6 Å². The highest BCUT2D eigenvalue weighted by Crippen LogP contribution is 2.31. The van der Waals surface area contributed by atoms with Crippen molar-refractivity contribution in [3.63, 3.8) is 0 Å². The number of benzene rings is 1. The van der Waals surface area contributed by atoms with Gasteiger partial charge in [-0.15, -0.1) is 0 Å². The van der Waals surface area contributed by atoms with E-state index in [0.29, 0.717) is 5.75 Å². The first-order valence-electron chi connectivity index (χ1n) is 5.65. The van der Waals surface area contributed by atoms with Gasteiger partial charge in [0.15, 0.2) is 11.5 Å². The third-order valence-corrected chi connectivity index (χ3v) is 2.90. The molecule has 0 unspecified atom stereocenters. The molecule has 1 N–H and O–H groups in total. The Morgan fingerprint density at radius 3 is 2.67 bits per heavy atom. The Labute approximate surface area is 112 Å². The maximum atomic E-state index is 5.28. The second-order valence-electron chi connectivity index (χ2n) is 3.79. The van der Waals surface area contributed by atoms with E-state index in [1.54, 1.807) is 14.2 Å². The van der Waals surface area contributed by atoms with E-state index in [1.165, 1.54) is 0 Å². The van der Waals surface area contributed by atoms with E-state index in [9.17, 15) is 0 Å². The number of hydrogen-bond donors (Lipinski definition) is 2. The molecule has 1 aromatic carbocycles. The highest BCUT2D eigenvalue weighted by molar-refractivity contribution is 7.80. The van der Waals surface area contributed by atoms with Gasteiger partial charge in [-0.1, -0.05) is 0 Å². The number of nitrogens with one attached hydrogen (secondary N) is 1. The van der Waals surface area contributed by atoms with Gasteiger partial charge in [0.1, 0.15) is 5.82 Å². The van der Waals surface area contributed by atoms with Crippen LogP contribution in [0.15, 0.2) is 24.4 Å². The van der Waals surface area contributed by atoms with Crippen LogP contribution in [0.25, 0.3) is 11.3 Å². The number of imidazole rings is 1. The fraction of sp³-hybridized carbons (Fsp3) is 0.308. The average Bonchev–Trinajstić information content (AvgIpc) is 2.87. The average molecular weight is 264 g/mol. The van der Waals surface area contributed by atoms with Crippen molar-refractivity contribution in [2.45, 2.75) is 6.42 Å². The van der Waals surface area contributed by atoms with E-state index in [2.05, 4.69) is 22.6 Å². The first-order valence-corrected chi connectivity index (χ1v) is 6.29. The van der Waals surface area contributed by atoms with Gasteiger partial charge >= 0.3 is 0 Å². The molecule has 0 saturated heterocycles. The van der Waals surface area contributed by atoms with Crippen molar-refractivity contribution in [2.75, 3.05) is 20.0 Å². The summed E-state index contributed by atoms with van der Waals surface area (Å²) in [5.41, 5.74) is 1.98. The topological polar surface area (TPSA) is 47.1 Å². The van der Waals surface area contributed by atoms with Crippen LogP contribution in [0, 0.1) is 0 Å². The summed E-state index contributed by atoms with van der Waals surface area (Å²) < 4.78 is 10.5. The Balaban J connectivity index is 2.31. The maximum Gasteiger partial charge on any atom is 0.161 e. The molecule has 2 aromatic rings. The molecule has 0 spiro atoms. The Morgan fingerprint density at radius 1 is 1.22 bits per heavy atom. The predicted octanol–water partition coefficient (Wildman–Crippen LogP) is 2.57. The maximum absolute atomic E-state index is 5.28. The van der Waals surface area contributed by atoms with Gasteiger partial charge in [-0.2, -0.15) is 12.6 Å². The molecule has 4 nitrogen and oxygen atoms in total. The lowest BCUT2D eigenvalue weighted by molar-refractivity contribution is 0.355. The standard InChI is InChI=1S/C13H16N2O2S/c1-16-11-4-3-9(7-12(11)17-2)10-8-14-13(15-10)5-6-18/h3-4,7-8,18H,5-6H2,1-2H3,(H,14,15). The largest absolute Gasteiger partial charge is 0.493 e. The molecular formula is C13H16N2O2S. The minimum atomic E-state index is 0.709. The zero-order valence-electron chi connectivity index (χ0n) is 10.4. The normalized spacial score (nSPS) is 10.4. The van der Waals surface area contributed by atoms with Crippen molar-refractivity contribution in [3.05, 3.63) is 30.2 Å². The lowest BCUT2D eigenvalue weighted by atomic mass is 10.1. The second kappa shape index (κ2) is 5.82. The number of nitrogens with zero attached hydrogens (tertiary/aromatic N) is 1. The number of methoxy groups -OCH3 is 2. The molecule has 5 heteroatoms. The number of rotatable bonds is 5. The third-order valence-electron chi connectivity index (χ3n) is 2.67. The minimum absolute atomic E-state index is 0.709. The van der Waals surface area contributed by atoms with Crippen molar-refractivity contribution < 1.29 is 9.47 Å². The monoisotopic (exact) mass is 264 g/mol. The molecule has 0 amide bonds. The number of thiol groups is 1. The molecule has 0 atom stereocenters. The first kappa shape index (κ1) is 12.8. The van der Waals surface area contributed by atoms with Crippen molar-refractivity contribution in [1.82, 2.24) is 9.97 Å².